The van der Waals surface area contributed by atoms with Gasteiger partial charge < -0.3 is 15.3 Å². The first kappa shape index (κ1) is 21.2. The second-order valence-electron chi connectivity index (χ2n) is 7.90. The van der Waals surface area contributed by atoms with Crippen LogP contribution in [0.2, 0.25) is 0 Å². The number of nitrogens with zero attached hydrogens (tertiary/aromatic N) is 7. The third-order valence-corrected chi connectivity index (χ3v) is 5.02. The summed E-state index contributed by atoms with van der Waals surface area (Å²) >= 11 is 0. The van der Waals surface area contributed by atoms with Crippen molar-refractivity contribution in [2.75, 3.05) is 30.4 Å². The highest BCUT2D eigenvalue weighted by Crippen LogP contribution is 2.27. The van der Waals surface area contributed by atoms with Gasteiger partial charge in [0.05, 0.1) is 17.4 Å². The molecule has 0 radical (unpaired) electrons. The molecule has 30 heavy (non-hydrogen) atoms. The molecule has 1 aliphatic heterocycles. The molecule has 11 heteroatoms. The van der Waals surface area contributed by atoms with Crippen LogP contribution >= 0.6 is 0 Å². The predicted molar refractivity (Wildman–Crippen MR) is 108 cm³/mol. The van der Waals surface area contributed by atoms with E-state index in [1.165, 1.54) is 24.1 Å². The molecule has 0 saturated carbocycles. The van der Waals surface area contributed by atoms with Gasteiger partial charge in [-0.05, 0) is 19.9 Å². The second-order valence-corrected chi connectivity index (χ2v) is 7.90. The summed E-state index contributed by atoms with van der Waals surface area (Å²) in [6, 6.07) is 3.19. The molecule has 1 fully saturated rings. The molecule has 0 aliphatic carbocycles. The summed E-state index contributed by atoms with van der Waals surface area (Å²) in [5.74, 6) is -0.192. The maximum atomic E-state index is 12.3. The Bertz CT molecular complexity index is 1010. The summed E-state index contributed by atoms with van der Waals surface area (Å²) in [6.07, 6.45) is 4.89. The molecule has 1 atom stereocenters. The normalized spacial score (nSPS) is 18.9. The molecule has 3 rings (SSSR count). The van der Waals surface area contributed by atoms with E-state index in [2.05, 4.69) is 20.4 Å². The molecule has 2 N–H and O–H groups in total. The zero-order chi connectivity index (χ0) is 22.1. The highest BCUT2D eigenvalue weighted by molar-refractivity contribution is 6.03. The van der Waals surface area contributed by atoms with Crippen molar-refractivity contribution >= 4 is 29.3 Å². The monoisotopic (exact) mass is 412 g/mol. The first-order valence-corrected chi connectivity index (χ1v) is 9.38. The van der Waals surface area contributed by atoms with E-state index in [1.54, 1.807) is 35.1 Å². The molecule has 0 aromatic carbocycles. The van der Waals surface area contributed by atoms with E-state index >= 15 is 0 Å². The van der Waals surface area contributed by atoms with Crippen molar-refractivity contribution in [2.45, 2.75) is 38.3 Å². The van der Waals surface area contributed by atoms with E-state index in [-0.39, 0.29) is 24.8 Å². The summed E-state index contributed by atoms with van der Waals surface area (Å²) in [5, 5.41) is 26.5. The van der Waals surface area contributed by atoms with Crippen LogP contribution in [0.4, 0.5) is 17.5 Å². The van der Waals surface area contributed by atoms with E-state index < -0.39 is 17.0 Å². The summed E-state index contributed by atoms with van der Waals surface area (Å²) in [5.41, 5.74) is -1.82. The Morgan fingerprint density at radius 1 is 1.50 bits per heavy atom. The van der Waals surface area contributed by atoms with Crippen molar-refractivity contribution in [3.05, 3.63) is 24.7 Å². The van der Waals surface area contributed by atoms with Gasteiger partial charge in [0, 0.05) is 45.9 Å². The van der Waals surface area contributed by atoms with Crippen LogP contribution < -0.4 is 10.2 Å². The Balaban J connectivity index is 1.75. The topological polar surface area (TPSA) is 140 Å². The summed E-state index contributed by atoms with van der Waals surface area (Å²) in [6.45, 7) is 6.12. The van der Waals surface area contributed by atoms with Gasteiger partial charge in [0.2, 0.25) is 17.5 Å². The molecule has 1 aliphatic rings. The lowest BCUT2D eigenvalue weighted by Crippen LogP contribution is -2.41. The van der Waals surface area contributed by atoms with Gasteiger partial charge in [-0.25, -0.2) is 4.98 Å². The molecule has 2 amide bonds. The van der Waals surface area contributed by atoms with Gasteiger partial charge >= 0.3 is 0 Å². The van der Waals surface area contributed by atoms with Gasteiger partial charge in [0.1, 0.15) is 11.9 Å². The number of carbonyl (C=O) groups is 2. The first-order valence-electron chi connectivity index (χ1n) is 9.38. The van der Waals surface area contributed by atoms with Gasteiger partial charge in [0.25, 0.3) is 5.91 Å². The van der Waals surface area contributed by atoms with Crippen molar-refractivity contribution in [2.24, 2.45) is 0 Å². The van der Waals surface area contributed by atoms with Crippen molar-refractivity contribution in [1.82, 2.24) is 24.6 Å². The molecule has 2 aromatic heterocycles. The third kappa shape index (κ3) is 4.08. The highest BCUT2D eigenvalue weighted by atomic mass is 16.3. The van der Waals surface area contributed by atoms with Crippen LogP contribution in [0.3, 0.4) is 0 Å². The fraction of sp³-hybridized carbons (Fsp3) is 0.474. The number of aliphatic hydroxyl groups is 1. The van der Waals surface area contributed by atoms with Gasteiger partial charge in [-0.1, -0.05) is 0 Å². The number of anilines is 3. The van der Waals surface area contributed by atoms with Crippen molar-refractivity contribution < 1.29 is 14.7 Å². The molecule has 2 aromatic rings. The van der Waals surface area contributed by atoms with Gasteiger partial charge in [-0.2, -0.15) is 15.3 Å². The minimum Gasteiger partial charge on any atom is -0.368 e. The predicted octanol–water partition coefficient (Wildman–Crippen LogP) is 0.621. The van der Waals surface area contributed by atoms with E-state index in [4.69, 9.17) is 5.26 Å². The Kier molecular flexibility index (Phi) is 5.45. The molecule has 0 unspecified atom stereocenters. The number of nitrogens with one attached hydrogen (secondary N) is 1. The Hall–Kier alpha value is -3.52. The van der Waals surface area contributed by atoms with Crippen LogP contribution in [0.5, 0.6) is 0 Å². The molecule has 0 spiro atoms. The number of rotatable bonds is 6. The molecule has 0 bridgehead atoms. The minimum atomic E-state index is -2.02. The molecular weight excluding hydrogens is 388 g/mol. The zero-order valence-electron chi connectivity index (χ0n) is 17.3. The molecule has 3 heterocycles. The highest BCUT2D eigenvalue weighted by Gasteiger charge is 2.46. The summed E-state index contributed by atoms with van der Waals surface area (Å²) in [4.78, 5) is 35.2. The van der Waals surface area contributed by atoms with Crippen LogP contribution in [0, 0.1) is 11.3 Å². The number of hydrogen-bond acceptors (Lipinski definition) is 8. The standard InChI is InChI=1S/C19H24N8O3/c1-13(28)25(4)12-18(2,3)27-10-14(9-22-27)23-17-21-7-5-15(24-17)26-8-6-19(30,11-20)16(26)29/h5,7,9-10,30H,6,8,12H2,1-4H3,(H,21,23,24)/t19-/m0/s1. The van der Waals surface area contributed by atoms with E-state index in [0.29, 0.717) is 18.1 Å². The van der Waals surface area contributed by atoms with Gasteiger partial charge in [0.15, 0.2) is 0 Å². The number of amides is 2. The fourth-order valence-electron chi connectivity index (χ4n) is 3.20. The summed E-state index contributed by atoms with van der Waals surface area (Å²) < 4.78 is 1.75. The summed E-state index contributed by atoms with van der Waals surface area (Å²) in [7, 11) is 1.74. The van der Waals surface area contributed by atoms with Crippen LogP contribution in [-0.4, -0.2) is 67.3 Å². The van der Waals surface area contributed by atoms with E-state index in [1.807, 2.05) is 13.8 Å². The number of carbonyl (C=O) groups excluding carboxylic acids is 2. The van der Waals surface area contributed by atoms with Crippen LogP contribution in [0.15, 0.2) is 24.7 Å². The number of aromatic nitrogens is 4. The lowest BCUT2D eigenvalue weighted by atomic mass is 10.1. The quantitative estimate of drug-likeness (QED) is 0.658. The molecule has 158 valence electrons. The average molecular weight is 412 g/mol. The van der Waals surface area contributed by atoms with Crippen LogP contribution in [-0.2, 0) is 15.1 Å². The lowest BCUT2D eigenvalue weighted by molar-refractivity contribution is -0.129. The number of nitriles is 1. The Morgan fingerprint density at radius 3 is 2.87 bits per heavy atom. The number of hydrogen-bond donors (Lipinski definition) is 2. The maximum absolute atomic E-state index is 12.3. The van der Waals surface area contributed by atoms with E-state index in [0.717, 1.165) is 0 Å². The molecule has 1 saturated heterocycles. The van der Waals surface area contributed by atoms with Crippen LogP contribution in [0.1, 0.15) is 27.2 Å². The van der Waals surface area contributed by atoms with Gasteiger partial charge in [-0.3, -0.25) is 19.2 Å². The zero-order valence-corrected chi connectivity index (χ0v) is 17.3. The fourth-order valence-corrected chi connectivity index (χ4v) is 3.20. The third-order valence-electron chi connectivity index (χ3n) is 5.02. The van der Waals surface area contributed by atoms with Crippen molar-refractivity contribution in [3.8, 4) is 6.07 Å². The van der Waals surface area contributed by atoms with Gasteiger partial charge in [-0.15, -0.1) is 0 Å². The largest absolute Gasteiger partial charge is 0.368 e. The van der Waals surface area contributed by atoms with Crippen molar-refractivity contribution in [3.63, 3.8) is 0 Å². The molecule has 11 nitrogen and oxygen atoms in total. The Labute approximate surface area is 173 Å². The second kappa shape index (κ2) is 7.72. The maximum Gasteiger partial charge on any atom is 0.275 e. The van der Waals surface area contributed by atoms with E-state index in [9.17, 15) is 14.7 Å². The first-order chi connectivity index (χ1) is 14.1. The molecular formula is C19H24N8O3. The Morgan fingerprint density at radius 2 is 2.23 bits per heavy atom. The average Bonchev–Trinajstić information content (AvgIpc) is 3.28. The lowest BCUT2D eigenvalue weighted by Gasteiger charge is -2.30. The van der Waals surface area contributed by atoms with Crippen molar-refractivity contribution in [1.29, 1.82) is 5.26 Å². The number of likely N-dealkylation sites (N-methyl/N-ethyl adjacent to an activating group) is 1. The minimum absolute atomic E-state index is 0.0195. The SMILES string of the molecule is CC(=O)N(C)CC(C)(C)n1cc(Nc2nccc(N3CC[C@](O)(C#N)C3=O)n2)cn1. The van der Waals surface area contributed by atoms with Crippen LogP contribution in [0.25, 0.3) is 0 Å². The smallest absolute Gasteiger partial charge is 0.275 e.